The van der Waals surface area contributed by atoms with E-state index in [0.717, 1.165) is 43.3 Å². The normalized spacial score (nSPS) is 14.0. The van der Waals surface area contributed by atoms with E-state index in [0.29, 0.717) is 30.3 Å². The first-order valence-corrected chi connectivity index (χ1v) is 11.1. The summed E-state index contributed by atoms with van der Waals surface area (Å²) in [5.74, 6) is 1.73. The maximum atomic E-state index is 12.9. The van der Waals surface area contributed by atoms with Crippen molar-refractivity contribution in [3.8, 4) is 11.4 Å². The molecule has 0 aliphatic carbocycles. The van der Waals surface area contributed by atoms with Crippen LogP contribution in [0.2, 0.25) is 5.02 Å². The van der Waals surface area contributed by atoms with Crippen LogP contribution < -0.4 is 9.64 Å². The van der Waals surface area contributed by atoms with Gasteiger partial charge in [0.2, 0.25) is 5.95 Å². The molecule has 1 aromatic heterocycles. The summed E-state index contributed by atoms with van der Waals surface area (Å²) in [5.41, 5.74) is 1.66. The molecule has 0 atom stereocenters. The van der Waals surface area contributed by atoms with Crippen LogP contribution in [0.4, 0.5) is 5.95 Å². The molecular formula is C24H27ClN4O2. The van der Waals surface area contributed by atoms with Crippen molar-refractivity contribution in [1.82, 2.24) is 14.5 Å². The van der Waals surface area contributed by atoms with Crippen LogP contribution in [0, 0.1) is 0 Å². The average Bonchev–Trinajstić information content (AvgIpc) is 3.29. The van der Waals surface area contributed by atoms with Gasteiger partial charge >= 0.3 is 0 Å². The molecule has 2 heterocycles. The molecule has 1 aliphatic heterocycles. The second kappa shape index (κ2) is 9.88. The highest BCUT2D eigenvalue weighted by molar-refractivity contribution is 6.30. The van der Waals surface area contributed by atoms with Gasteiger partial charge in [0.15, 0.2) is 0 Å². The monoisotopic (exact) mass is 438 g/mol. The van der Waals surface area contributed by atoms with Crippen LogP contribution in [0.5, 0.6) is 5.75 Å². The second-order valence-electron chi connectivity index (χ2n) is 7.58. The van der Waals surface area contributed by atoms with Gasteiger partial charge in [-0.3, -0.25) is 9.36 Å². The summed E-state index contributed by atoms with van der Waals surface area (Å²) >= 11 is 6.15. The third-order valence-corrected chi connectivity index (χ3v) is 5.66. The predicted molar refractivity (Wildman–Crippen MR) is 124 cm³/mol. The van der Waals surface area contributed by atoms with Crippen molar-refractivity contribution < 1.29 is 9.53 Å². The lowest BCUT2D eigenvalue weighted by Crippen LogP contribution is -2.49. The molecule has 6 nitrogen and oxygen atoms in total. The largest absolute Gasteiger partial charge is 0.494 e. The van der Waals surface area contributed by atoms with Gasteiger partial charge in [-0.05, 0) is 48.9 Å². The molecule has 2 aromatic carbocycles. The molecule has 0 N–H and O–H groups in total. The highest BCUT2D eigenvalue weighted by Crippen LogP contribution is 2.22. The smallest absolute Gasteiger partial charge is 0.253 e. The van der Waals surface area contributed by atoms with E-state index in [1.54, 1.807) is 6.20 Å². The molecule has 162 valence electrons. The van der Waals surface area contributed by atoms with Crippen molar-refractivity contribution in [1.29, 1.82) is 0 Å². The van der Waals surface area contributed by atoms with Gasteiger partial charge in [0.1, 0.15) is 5.75 Å². The minimum Gasteiger partial charge on any atom is -0.494 e. The van der Waals surface area contributed by atoms with Crippen LogP contribution >= 0.6 is 11.6 Å². The van der Waals surface area contributed by atoms with Gasteiger partial charge in [-0.2, -0.15) is 0 Å². The van der Waals surface area contributed by atoms with Gasteiger partial charge in [-0.1, -0.05) is 31.0 Å². The van der Waals surface area contributed by atoms with Crippen LogP contribution in [-0.2, 0) is 0 Å². The summed E-state index contributed by atoms with van der Waals surface area (Å²) < 4.78 is 7.72. The van der Waals surface area contributed by atoms with Gasteiger partial charge in [-0.15, -0.1) is 0 Å². The molecule has 7 heteroatoms. The van der Waals surface area contributed by atoms with Gasteiger partial charge in [-0.25, -0.2) is 4.98 Å². The third-order valence-electron chi connectivity index (χ3n) is 5.43. The van der Waals surface area contributed by atoms with E-state index in [2.05, 4.69) is 16.8 Å². The summed E-state index contributed by atoms with van der Waals surface area (Å²) in [6.07, 6.45) is 5.85. The van der Waals surface area contributed by atoms with E-state index in [1.165, 1.54) is 0 Å². The Morgan fingerprint density at radius 3 is 2.58 bits per heavy atom. The molecule has 0 bridgehead atoms. The zero-order valence-electron chi connectivity index (χ0n) is 17.7. The first kappa shape index (κ1) is 21.2. The van der Waals surface area contributed by atoms with Gasteiger partial charge in [0.05, 0.1) is 6.61 Å². The number of imidazole rings is 1. The number of halogens is 1. The molecule has 0 spiro atoms. The number of anilines is 1. The number of nitrogens with zero attached hydrogens (tertiary/aromatic N) is 4. The highest BCUT2D eigenvalue weighted by atomic mass is 35.5. The maximum absolute atomic E-state index is 12.9. The fraction of sp³-hybridized carbons (Fsp3) is 0.333. The van der Waals surface area contributed by atoms with E-state index in [4.69, 9.17) is 16.3 Å². The van der Waals surface area contributed by atoms with Crippen molar-refractivity contribution in [2.75, 3.05) is 37.7 Å². The summed E-state index contributed by atoms with van der Waals surface area (Å²) in [4.78, 5) is 21.6. The molecule has 4 rings (SSSR count). The summed E-state index contributed by atoms with van der Waals surface area (Å²) in [6, 6.07) is 15.2. The number of hydrogen-bond acceptors (Lipinski definition) is 4. The Morgan fingerprint density at radius 2 is 1.87 bits per heavy atom. The Balaban J connectivity index is 1.37. The number of piperazine rings is 1. The molecule has 1 fully saturated rings. The number of rotatable bonds is 7. The van der Waals surface area contributed by atoms with Crippen molar-refractivity contribution in [3.63, 3.8) is 0 Å². The molecule has 1 aliphatic rings. The Hall–Kier alpha value is -2.99. The lowest BCUT2D eigenvalue weighted by molar-refractivity contribution is 0.0746. The van der Waals surface area contributed by atoms with Crippen LogP contribution in [0.1, 0.15) is 30.1 Å². The number of carbonyl (C=O) groups is 1. The number of amides is 1. The Labute approximate surface area is 188 Å². The third kappa shape index (κ3) is 5.02. The quantitative estimate of drug-likeness (QED) is 0.503. The molecule has 1 saturated heterocycles. The Kier molecular flexibility index (Phi) is 6.77. The van der Waals surface area contributed by atoms with Crippen molar-refractivity contribution in [2.24, 2.45) is 0 Å². The molecule has 3 aromatic rings. The van der Waals surface area contributed by atoms with Crippen molar-refractivity contribution in [3.05, 3.63) is 71.5 Å². The molecule has 0 unspecified atom stereocenters. The minimum atomic E-state index is 0.0536. The Morgan fingerprint density at radius 1 is 1.10 bits per heavy atom. The minimum absolute atomic E-state index is 0.0536. The number of ether oxygens (including phenoxy) is 1. The number of benzene rings is 2. The van der Waals surface area contributed by atoms with E-state index < -0.39 is 0 Å². The van der Waals surface area contributed by atoms with Crippen LogP contribution in [0.25, 0.3) is 5.69 Å². The summed E-state index contributed by atoms with van der Waals surface area (Å²) in [7, 11) is 0. The van der Waals surface area contributed by atoms with E-state index >= 15 is 0 Å². The number of aromatic nitrogens is 2. The van der Waals surface area contributed by atoms with E-state index in [-0.39, 0.29) is 5.91 Å². The topological polar surface area (TPSA) is 50.6 Å². The number of hydrogen-bond donors (Lipinski definition) is 0. The fourth-order valence-electron chi connectivity index (χ4n) is 3.68. The highest BCUT2D eigenvalue weighted by Gasteiger charge is 2.24. The first-order valence-electron chi connectivity index (χ1n) is 10.7. The zero-order chi connectivity index (χ0) is 21.6. The maximum Gasteiger partial charge on any atom is 0.253 e. The Bertz CT molecular complexity index is 1010. The summed E-state index contributed by atoms with van der Waals surface area (Å²) in [6.45, 7) is 5.58. The predicted octanol–water partition coefficient (Wildman–Crippen LogP) is 4.67. The zero-order valence-corrected chi connectivity index (χ0v) is 18.5. The average molecular weight is 439 g/mol. The molecule has 0 radical (unpaired) electrons. The number of unbranched alkanes of at least 4 members (excludes halogenated alkanes) is 1. The van der Waals surface area contributed by atoms with Gasteiger partial charge < -0.3 is 14.5 Å². The molecule has 0 saturated carbocycles. The first-order chi connectivity index (χ1) is 15.2. The van der Waals surface area contributed by atoms with Gasteiger partial charge in [0.25, 0.3) is 5.91 Å². The molecule has 1 amide bonds. The van der Waals surface area contributed by atoms with Crippen LogP contribution in [0.15, 0.2) is 60.9 Å². The molecule has 31 heavy (non-hydrogen) atoms. The lowest BCUT2D eigenvalue weighted by atomic mass is 10.1. The van der Waals surface area contributed by atoms with Crippen LogP contribution in [-0.4, -0.2) is 53.1 Å². The van der Waals surface area contributed by atoms with Gasteiger partial charge in [0, 0.05) is 54.8 Å². The fourth-order valence-corrected chi connectivity index (χ4v) is 3.86. The van der Waals surface area contributed by atoms with Crippen LogP contribution in [0.3, 0.4) is 0 Å². The van der Waals surface area contributed by atoms with E-state index in [9.17, 15) is 4.79 Å². The SMILES string of the molecule is CCCCOc1ccc(C(=O)N2CCN(c3nccn3-c3cccc(Cl)c3)CC2)cc1. The number of carbonyl (C=O) groups excluding carboxylic acids is 1. The van der Waals surface area contributed by atoms with Crippen molar-refractivity contribution in [2.45, 2.75) is 19.8 Å². The standard InChI is InChI=1S/C24H27ClN4O2/c1-2-3-17-31-22-9-7-19(8-10-22)23(30)27-13-15-28(16-14-27)24-26-11-12-29(24)21-6-4-5-20(25)18-21/h4-12,18H,2-3,13-17H2,1H3. The van der Waals surface area contributed by atoms with Crippen molar-refractivity contribution >= 4 is 23.5 Å². The second-order valence-corrected chi connectivity index (χ2v) is 8.02. The lowest BCUT2D eigenvalue weighted by Gasteiger charge is -2.35. The molecular weight excluding hydrogens is 412 g/mol. The summed E-state index contributed by atoms with van der Waals surface area (Å²) in [5, 5.41) is 0.689. The van der Waals surface area contributed by atoms with E-state index in [1.807, 2.05) is 64.2 Å².